The molecule has 0 saturated carbocycles. The summed E-state index contributed by atoms with van der Waals surface area (Å²) in [4.78, 5) is 65.3. The predicted molar refractivity (Wildman–Crippen MR) is 134 cm³/mol. The molecule has 2 aromatic rings. The van der Waals surface area contributed by atoms with Crippen LogP contribution < -0.4 is 11.1 Å². The number of nitrogens with one attached hydrogen (secondary N) is 2. The largest absolute Gasteiger partial charge is 0.504 e. The van der Waals surface area contributed by atoms with E-state index >= 15 is 0 Å². The molecule has 3 amide bonds. The summed E-state index contributed by atoms with van der Waals surface area (Å²) < 4.78 is 4.70. The number of hydrogen-bond acceptors (Lipinski definition) is 9. The van der Waals surface area contributed by atoms with Crippen LogP contribution in [0.2, 0.25) is 0 Å². The monoisotopic (exact) mass is 541 g/mol. The number of hydrogen-bond donors (Lipinski definition) is 6. The molecule has 2 aromatic carbocycles. The number of nitrogen functional groups attached to an aromatic ring is 1. The van der Waals surface area contributed by atoms with E-state index in [0.29, 0.717) is 11.1 Å². The Kier molecular flexibility index (Phi) is 8.70. The number of aromatic hydroxyl groups is 2. The van der Waals surface area contributed by atoms with Crippen molar-refractivity contribution in [3.05, 3.63) is 59.2 Å². The summed E-state index contributed by atoms with van der Waals surface area (Å²) in [6.07, 6.45) is -0.207. The standard InChI is InChI=1S/C25H27N5O9/c1-39-25(38)20-24(37)29(12-19(33)34)8-9-30(20)23(36)16(10-13-2-7-17(31)18(32)11-13)28-22(35)15-5-3-14(4-6-15)21(26)27/h2-7,11,16,20,31-32H,8-10,12H2,1H3,(H3,26,27)(H,28,35)(H,33,34). The van der Waals surface area contributed by atoms with Crippen molar-refractivity contribution in [2.45, 2.75) is 18.5 Å². The number of amidine groups is 1. The number of ether oxygens (including phenoxy) is 1. The lowest BCUT2D eigenvalue weighted by molar-refractivity contribution is -0.167. The summed E-state index contributed by atoms with van der Waals surface area (Å²) in [7, 11) is 1.01. The van der Waals surface area contributed by atoms with Gasteiger partial charge in [-0.1, -0.05) is 18.2 Å². The van der Waals surface area contributed by atoms with E-state index in [1.165, 1.54) is 42.5 Å². The summed E-state index contributed by atoms with van der Waals surface area (Å²) in [6, 6.07) is 6.34. The van der Waals surface area contributed by atoms with Gasteiger partial charge in [-0.05, 0) is 29.8 Å². The van der Waals surface area contributed by atoms with Gasteiger partial charge in [-0.3, -0.25) is 24.6 Å². The van der Waals surface area contributed by atoms with Crippen LogP contribution in [-0.4, -0.2) is 99.4 Å². The van der Waals surface area contributed by atoms with Crippen molar-refractivity contribution in [3.8, 4) is 11.5 Å². The van der Waals surface area contributed by atoms with Crippen LogP contribution in [0.1, 0.15) is 21.5 Å². The summed E-state index contributed by atoms with van der Waals surface area (Å²) in [6.45, 7) is -1.09. The van der Waals surface area contributed by atoms with Crippen molar-refractivity contribution in [1.29, 1.82) is 5.41 Å². The first-order valence-electron chi connectivity index (χ1n) is 11.6. The molecule has 1 aliphatic heterocycles. The number of carboxylic acids is 1. The van der Waals surface area contributed by atoms with Crippen LogP contribution in [-0.2, 0) is 30.3 Å². The van der Waals surface area contributed by atoms with Crippen LogP contribution >= 0.6 is 0 Å². The Bertz CT molecular complexity index is 1310. The lowest BCUT2D eigenvalue weighted by atomic mass is 10.0. The second-order valence-electron chi connectivity index (χ2n) is 8.66. The van der Waals surface area contributed by atoms with Crippen molar-refractivity contribution in [1.82, 2.24) is 15.1 Å². The fourth-order valence-corrected chi connectivity index (χ4v) is 4.05. The number of nitrogens with two attached hydrogens (primary N) is 1. The molecular formula is C25H27N5O9. The van der Waals surface area contributed by atoms with Gasteiger partial charge in [-0.25, -0.2) is 4.79 Å². The number of rotatable bonds is 9. The Morgan fingerprint density at radius 2 is 1.72 bits per heavy atom. The summed E-state index contributed by atoms with van der Waals surface area (Å²) >= 11 is 0. The maximum atomic E-state index is 13.7. The molecule has 1 saturated heterocycles. The van der Waals surface area contributed by atoms with Gasteiger partial charge in [0.05, 0.1) is 7.11 Å². The van der Waals surface area contributed by atoms with Crippen LogP contribution in [0, 0.1) is 5.41 Å². The van der Waals surface area contributed by atoms with Gasteiger partial charge in [0, 0.05) is 30.6 Å². The molecule has 0 aromatic heterocycles. The molecular weight excluding hydrogens is 514 g/mol. The number of amides is 3. The van der Waals surface area contributed by atoms with Crippen molar-refractivity contribution < 1.29 is 44.0 Å². The summed E-state index contributed by atoms with van der Waals surface area (Å²) in [5.41, 5.74) is 6.27. The van der Waals surface area contributed by atoms with Gasteiger partial charge >= 0.3 is 11.9 Å². The lowest BCUT2D eigenvalue weighted by Crippen LogP contribution is -2.65. The van der Waals surface area contributed by atoms with E-state index in [1.54, 1.807) is 0 Å². The number of carbonyl (C=O) groups excluding carboxylic acids is 4. The molecule has 1 aliphatic rings. The number of nitrogens with zero attached hydrogens (tertiary/aromatic N) is 2. The van der Waals surface area contributed by atoms with Crippen LogP contribution in [0.15, 0.2) is 42.5 Å². The highest BCUT2D eigenvalue weighted by Crippen LogP contribution is 2.26. The van der Waals surface area contributed by atoms with E-state index < -0.39 is 59.8 Å². The third-order valence-electron chi connectivity index (χ3n) is 6.04. The molecule has 1 heterocycles. The first-order valence-corrected chi connectivity index (χ1v) is 11.6. The first kappa shape index (κ1) is 28.4. The second-order valence-corrected chi connectivity index (χ2v) is 8.66. The highest BCUT2D eigenvalue weighted by molar-refractivity contribution is 6.07. The summed E-state index contributed by atoms with van der Waals surface area (Å²) in [5.74, 6) is -5.95. The lowest BCUT2D eigenvalue weighted by Gasteiger charge is -2.40. The normalized spacial score (nSPS) is 15.8. The summed E-state index contributed by atoms with van der Waals surface area (Å²) in [5, 5.41) is 38.7. The Morgan fingerprint density at radius 1 is 1.08 bits per heavy atom. The molecule has 1 fully saturated rings. The van der Waals surface area contributed by atoms with Gasteiger partial charge < -0.3 is 40.9 Å². The number of carbonyl (C=O) groups is 5. The minimum absolute atomic E-state index is 0.123. The molecule has 0 bridgehead atoms. The van der Waals surface area contributed by atoms with Gasteiger partial charge in [0.2, 0.25) is 11.9 Å². The second kappa shape index (κ2) is 11.9. The van der Waals surface area contributed by atoms with Crippen molar-refractivity contribution >= 4 is 35.5 Å². The number of aliphatic carboxylic acids is 1. The van der Waals surface area contributed by atoms with Gasteiger partial charge in [0.1, 0.15) is 18.4 Å². The quantitative estimate of drug-likeness (QED) is 0.0748. The molecule has 0 radical (unpaired) electrons. The Hall–Kier alpha value is -5.14. The molecule has 0 spiro atoms. The maximum absolute atomic E-state index is 13.7. The Labute approximate surface area is 222 Å². The van der Waals surface area contributed by atoms with E-state index in [1.807, 2.05) is 0 Å². The van der Waals surface area contributed by atoms with Gasteiger partial charge in [0.25, 0.3) is 11.8 Å². The number of esters is 1. The zero-order valence-corrected chi connectivity index (χ0v) is 20.8. The predicted octanol–water partition coefficient (Wildman–Crippen LogP) is -0.980. The van der Waals surface area contributed by atoms with Crippen LogP contribution in [0.3, 0.4) is 0 Å². The van der Waals surface area contributed by atoms with Crippen LogP contribution in [0.5, 0.6) is 11.5 Å². The third kappa shape index (κ3) is 6.60. The molecule has 2 unspecified atom stereocenters. The Morgan fingerprint density at radius 3 is 2.28 bits per heavy atom. The molecule has 0 aliphatic carbocycles. The van der Waals surface area contributed by atoms with E-state index in [-0.39, 0.29) is 30.9 Å². The molecule has 2 atom stereocenters. The zero-order valence-electron chi connectivity index (χ0n) is 20.8. The third-order valence-corrected chi connectivity index (χ3v) is 6.04. The molecule has 14 nitrogen and oxygen atoms in total. The van der Waals surface area contributed by atoms with Gasteiger partial charge in [-0.15, -0.1) is 0 Å². The average Bonchev–Trinajstić information content (AvgIpc) is 2.90. The van der Waals surface area contributed by atoms with Crippen molar-refractivity contribution in [2.24, 2.45) is 5.73 Å². The average molecular weight is 542 g/mol. The van der Waals surface area contributed by atoms with E-state index in [4.69, 9.17) is 21.0 Å². The van der Waals surface area contributed by atoms with Gasteiger partial charge in [-0.2, -0.15) is 0 Å². The van der Waals surface area contributed by atoms with E-state index in [9.17, 15) is 34.2 Å². The number of methoxy groups -OCH3 is 1. The SMILES string of the molecule is COC(=O)C1C(=O)N(CC(=O)O)CCN1C(=O)C(Cc1ccc(O)c(O)c1)NC(=O)c1ccc(C(=N)N)cc1. The van der Waals surface area contributed by atoms with Crippen LogP contribution in [0.25, 0.3) is 0 Å². The molecule has 39 heavy (non-hydrogen) atoms. The highest BCUT2D eigenvalue weighted by atomic mass is 16.5. The number of phenolic OH excluding ortho intramolecular Hbond substituents is 2. The number of carboxylic acid groups (broad SMARTS) is 1. The smallest absolute Gasteiger partial charge is 0.338 e. The van der Waals surface area contributed by atoms with E-state index in [2.05, 4.69) is 5.32 Å². The Balaban J connectivity index is 1.94. The van der Waals surface area contributed by atoms with E-state index in [0.717, 1.165) is 16.9 Å². The molecule has 3 rings (SSSR count). The van der Waals surface area contributed by atoms with Crippen molar-refractivity contribution in [3.63, 3.8) is 0 Å². The minimum Gasteiger partial charge on any atom is -0.504 e. The fraction of sp³-hybridized carbons (Fsp3) is 0.280. The molecule has 206 valence electrons. The number of piperazine rings is 1. The number of phenols is 2. The highest BCUT2D eigenvalue weighted by Gasteiger charge is 2.45. The number of benzene rings is 2. The topological polar surface area (TPSA) is 224 Å². The maximum Gasteiger partial charge on any atom is 0.338 e. The van der Waals surface area contributed by atoms with Crippen molar-refractivity contribution in [2.75, 3.05) is 26.7 Å². The minimum atomic E-state index is -1.78. The van der Waals surface area contributed by atoms with Crippen LogP contribution in [0.4, 0.5) is 0 Å². The zero-order chi connectivity index (χ0) is 28.9. The molecule has 7 N–H and O–H groups in total. The fourth-order valence-electron chi connectivity index (χ4n) is 4.05. The first-order chi connectivity index (χ1) is 18.4. The molecule has 14 heteroatoms. The van der Waals surface area contributed by atoms with Gasteiger partial charge in [0.15, 0.2) is 11.5 Å².